The van der Waals surface area contributed by atoms with E-state index in [0.29, 0.717) is 41.8 Å². The van der Waals surface area contributed by atoms with Gasteiger partial charge in [-0.05, 0) is 51.4 Å². The molecule has 5 rings (SSSR count). The molecule has 36 heavy (non-hydrogen) atoms. The third-order valence-corrected chi connectivity index (χ3v) is 7.70. The monoisotopic (exact) mass is 501 g/mol. The molecule has 2 aromatic rings. The van der Waals surface area contributed by atoms with Crippen LogP contribution in [-0.4, -0.2) is 84.4 Å². The van der Waals surface area contributed by atoms with Crippen LogP contribution in [0.3, 0.4) is 0 Å². The number of anilines is 1. The normalized spacial score (nSPS) is 30.7. The second-order valence-electron chi connectivity index (χ2n) is 10.1. The molecule has 4 atom stereocenters. The lowest BCUT2D eigenvalue weighted by Gasteiger charge is -2.30. The molecule has 5 N–H and O–H groups in total. The van der Waals surface area contributed by atoms with Crippen molar-refractivity contribution in [2.45, 2.75) is 76.4 Å². The van der Waals surface area contributed by atoms with Crippen molar-refractivity contribution in [3.05, 3.63) is 12.2 Å². The van der Waals surface area contributed by atoms with Crippen LogP contribution in [0, 0.1) is 11.8 Å². The summed E-state index contributed by atoms with van der Waals surface area (Å²) < 4.78 is 7.23. The van der Waals surface area contributed by atoms with E-state index in [-0.39, 0.29) is 11.7 Å². The van der Waals surface area contributed by atoms with Crippen LogP contribution in [-0.2, 0) is 20.7 Å². The second-order valence-corrected chi connectivity index (χ2v) is 10.1. The number of likely N-dealkylation sites (N-methyl/N-ethyl adjacent to an activating group) is 1. The van der Waals surface area contributed by atoms with Crippen molar-refractivity contribution in [3.8, 4) is 0 Å². The summed E-state index contributed by atoms with van der Waals surface area (Å²) in [4.78, 5) is 40.4. The summed E-state index contributed by atoms with van der Waals surface area (Å²) in [6, 6.07) is 0. The van der Waals surface area contributed by atoms with Crippen molar-refractivity contribution < 1.29 is 24.5 Å². The van der Waals surface area contributed by atoms with Crippen molar-refractivity contribution in [1.29, 1.82) is 0 Å². The number of likely N-dealkylation sites (tertiary alicyclic amines) is 1. The third-order valence-electron chi connectivity index (χ3n) is 7.70. The third kappa shape index (κ3) is 4.64. The summed E-state index contributed by atoms with van der Waals surface area (Å²) in [6.45, 7) is 3.91. The second kappa shape index (κ2) is 10.3. The molecule has 2 amide bonds. The van der Waals surface area contributed by atoms with Gasteiger partial charge in [0.25, 0.3) is 5.91 Å². The number of rotatable bonds is 6. The van der Waals surface area contributed by atoms with E-state index < -0.39 is 30.4 Å². The van der Waals surface area contributed by atoms with Crippen molar-refractivity contribution >= 4 is 28.8 Å². The Balaban J connectivity index is 1.29. The quantitative estimate of drug-likeness (QED) is 0.430. The summed E-state index contributed by atoms with van der Waals surface area (Å²) in [6.07, 6.45) is 2.85. The minimum absolute atomic E-state index is 0.111. The SMILES string of the molecule is CCNC(=O)C1OC(n2cnc3c(N)nc(CC4CCC(C(=O)N5CCCC5)CC4)nc32)C(O)C1O. The molecule has 0 bridgehead atoms. The molecule has 1 saturated carbocycles. The number of imidazole rings is 1. The van der Waals surface area contributed by atoms with Crippen molar-refractivity contribution in [3.63, 3.8) is 0 Å². The van der Waals surface area contributed by atoms with Crippen molar-refractivity contribution in [2.75, 3.05) is 25.4 Å². The molecule has 0 aromatic carbocycles. The van der Waals surface area contributed by atoms with E-state index in [1.165, 1.54) is 10.9 Å². The molecular formula is C24H35N7O5. The number of nitrogens with two attached hydrogens (primary N) is 1. The molecule has 2 saturated heterocycles. The maximum Gasteiger partial charge on any atom is 0.252 e. The van der Waals surface area contributed by atoms with Crippen LogP contribution < -0.4 is 11.1 Å². The Bertz CT molecular complexity index is 1110. The average Bonchev–Trinajstić information content (AvgIpc) is 3.60. The fraction of sp³-hybridized carbons (Fsp3) is 0.708. The zero-order chi connectivity index (χ0) is 25.4. The van der Waals surface area contributed by atoms with Crippen LogP contribution in [0.5, 0.6) is 0 Å². The van der Waals surface area contributed by atoms with Crippen LogP contribution in [0.15, 0.2) is 6.33 Å². The molecule has 3 fully saturated rings. The summed E-state index contributed by atoms with van der Waals surface area (Å²) >= 11 is 0. The van der Waals surface area contributed by atoms with Crippen molar-refractivity contribution in [2.24, 2.45) is 11.8 Å². The summed E-state index contributed by atoms with van der Waals surface area (Å²) in [7, 11) is 0. The number of ether oxygens (including phenoxy) is 1. The standard InChI is InChI=1S/C24H35N7O5/c1-2-26-22(34)19-17(32)18(33)24(36-19)31-12-27-16-20(25)28-15(29-21(16)31)11-13-5-7-14(8-6-13)23(35)30-9-3-4-10-30/h12-14,17-19,24,32-33H,2-11H2,1H3,(H,26,34)(H2,25,28,29). The van der Waals surface area contributed by atoms with Crippen LogP contribution in [0.2, 0.25) is 0 Å². The molecule has 12 heteroatoms. The molecule has 0 radical (unpaired) electrons. The number of carbonyl (C=O) groups is 2. The molecule has 12 nitrogen and oxygen atoms in total. The van der Waals surface area contributed by atoms with Gasteiger partial charge in [-0.15, -0.1) is 0 Å². The molecule has 4 heterocycles. The maximum absolute atomic E-state index is 12.7. The number of aromatic nitrogens is 4. The topological polar surface area (TPSA) is 169 Å². The van der Waals surface area contributed by atoms with Gasteiger partial charge in [0.15, 0.2) is 23.8 Å². The van der Waals surface area contributed by atoms with E-state index >= 15 is 0 Å². The fourth-order valence-corrected chi connectivity index (χ4v) is 5.71. The number of hydrogen-bond acceptors (Lipinski definition) is 9. The van der Waals surface area contributed by atoms with E-state index in [1.54, 1.807) is 6.92 Å². The zero-order valence-corrected chi connectivity index (χ0v) is 20.5. The number of carbonyl (C=O) groups excluding carboxylic acids is 2. The molecule has 2 aromatic heterocycles. The summed E-state index contributed by atoms with van der Waals surface area (Å²) in [5, 5.41) is 23.6. The number of aliphatic hydroxyl groups is 2. The predicted octanol–water partition coefficient (Wildman–Crippen LogP) is 0.135. The van der Waals surface area contributed by atoms with Gasteiger partial charge in [-0.25, -0.2) is 15.0 Å². The van der Waals surface area contributed by atoms with Gasteiger partial charge in [0.2, 0.25) is 5.91 Å². The Kier molecular flexibility index (Phi) is 7.09. The van der Waals surface area contributed by atoms with Gasteiger partial charge in [0.1, 0.15) is 23.5 Å². The molecular weight excluding hydrogens is 466 g/mol. The molecule has 2 aliphatic heterocycles. The average molecular weight is 502 g/mol. The molecule has 196 valence electrons. The zero-order valence-electron chi connectivity index (χ0n) is 20.5. The number of aliphatic hydroxyl groups excluding tert-OH is 2. The van der Waals surface area contributed by atoms with E-state index in [9.17, 15) is 19.8 Å². The van der Waals surface area contributed by atoms with Gasteiger partial charge in [-0.2, -0.15) is 0 Å². The first-order valence-corrected chi connectivity index (χ1v) is 12.9. The lowest BCUT2D eigenvalue weighted by molar-refractivity contribution is -0.137. The van der Waals surface area contributed by atoms with E-state index in [1.807, 2.05) is 4.90 Å². The van der Waals surface area contributed by atoms with Crippen LogP contribution in [0.1, 0.15) is 57.5 Å². The number of nitrogens with zero attached hydrogens (tertiary/aromatic N) is 5. The fourth-order valence-electron chi connectivity index (χ4n) is 5.71. The molecule has 4 unspecified atom stereocenters. The lowest BCUT2D eigenvalue weighted by Crippen LogP contribution is -2.42. The highest BCUT2D eigenvalue weighted by Gasteiger charge is 2.47. The number of fused-ring (bicyclic) bond motifs is 1. The molecule has 1 aliphatic carbocycles. The highest BCUT2D eigenvalue weighted by molar-refractivity contribution is 5.83. The lowest BCUT2D eigenvalue weighted by atomic mass is 9.80. The highest BCUT2D eigenvalue weighted by Crippen LogP contribution is 2.34. The number of nitrogens with one attached hydrogen (secondary N) is 1. The Morgan fingerprint density at radius 1 is 1.14 bits per heavy atom. The van der Waals surface area contributed by atoms with Gasteiger partial charge in [0, 0.05) is 32.0 Å². The van der Waals surface area contributed by atoms with Crippen LogP contribution in [0.25, 0.3) is 11.2 Å². The Labute approximate surface area is 209 Å². The van der Waals surface area contributed by atoms with Gasteiger partial charge in [0.05, 0.1) is 6.33 Å². The number of amides is 2. The van der Waals surface area contributed by atoms with Gasteiger partial charge >= 0.3 is 0 Å². The minimum Gasteiger partial charge on any atom is -0.387 e. The van der Waals surface area contributed by atoms with Gasteiger partial charge < -0.3 is 30.9 Å². The number of hydrogen-bond donors (Lipinski definition) is 4. The van der Waals surface area contributed by atoms with E-state index in [2.05, 4.69) is 20.3 Å². The largest absolute Gasteiger partial charge is 0.387 e. The van der Waals surface area contributed by atoms with E-state index in [4.69, 9.17) is 10.5 Å². The smallest absolute Gasteiger partial charge is 0.252 e. The Morgan fingerprint density at radius 3 is 2.56 bits per heavy atom. The van der Waals surface area contributed by atoms with Gasteiger partial charge in [-0.1, -0.05) is 0 Å². The summed E-state index contributed by atoms with van der Waals surface area (Å²) in [5.74, 6) is 1.05. The van der Waals surface area contributed by atoms with Crippen molar-refractivity contribution in [1.82, 2.24) is 29.7 Å². The predicted molar refractivity (Wildman–Crippen MR) is 129 cm³/mol. The van der Waals surface area contributed by atoms with Crippen LogP contribution >= 0.6 is 0 Å². The first-order valence-electron chi connectivity index (χ1n) is 12.9. The van der Waals surface area contributed by atoms with E-state index in [0.717, 1.165) is 51.6 Å². The first-order chi connectivity index (χ1) is 17.4. The molecule has 3 aliphatic rings. The molecule has 0 spiro atoms. The van der Waals surface area contributed by atoms with Crippen LogP contribution in [0.4, 0.5) is 5.82 Å². The maximum atomic E-state index is 12.7. The number of nitrogen functional groups attached to an aromatic ring is 1. The first kappa shape index (κ1) is 24.8. The minimum atomic E-state index is -1.39. The van der Waals surface area contributed by atoms with Gasteiger partial charge in [-0.3, -0.25) is 14.2 Å². The Hall–Kier alpha value is -2.83. The highest BCUT2D eigenvalue weighted by atomic mass is 16.6. The summed E-state index contributed by atoms with van der Waals surface area (Å²) in [5.41, 5.74) is 6.93. The Morgan fingerprint density at radius 2 is 1.86 bits per heavy atom.